The Kier molecular flexibility index (Phi) is 4.94. The maximum atomic E-state index is 11.9. The summed E-state index contributed by atoms with van der Waals surface area (Å²) >= 11 is 0. The Bertz CT molecular complexity index is 344. The monoisotopic (exact) mass is 258 g/mol. The lowest BCUT2D eigenvalue weighted by Gasteiger charge is -2.24. The van der Waals surface area contributed by atoms with Gasteiger partial charge in [0.25, 0.3) is 0 Å². The summed E-state index contributed by atoms with van der Waals surface area (Å²) in [6.45, 7) is 2.10. The van der Waals surface area contributed by atoms with Gasteiger partial charge in [-0.05, 0) is 19.3 Å². The van der Waals surface area contributed by atoms with Crippen molar-refractivity contribution in [3.8, 4) is 0 Å². The van der Waals surface area contributed by atoms with E-state index < -0.39 is 30.1 Å². The Labute approximate surface area is 105 Å². The summed E-state index contributed by atoms with van der Waals surface area (Å²) in [5.41, 5.74) is 0. The van der Waals surface area contributed by atoms with Crippen molar-refractivity contribution in [2.75, 3.05) is 13.7 Å². The molecule has 0 aliphatic carbocycles. The summed E-state index contributed by atoms with van der Waals surface area (Å²) in [7, 11) is 1.27. The molecule has 1 unspecified atom stereocenters. The van der Waals surface area contributed by atoms with E-state index in [2.05, 4.69) is 10.1 Å². The Morgan fingerprint density at radius 3 is 2.67 bits per heavy atom. The van der Waals surface area contributed by atoms with E-state index in [4.69, 9.17) is 5.11 Å². The second-order valence-corrected chi connectivity index (χ2v) is 4.12. The molecule has 0 aromatic rings. The molecular weight excluding hydrogens is 240 g/mol. The van der Waals surface area contributed by atoms with E-state index in [0.29, 0.717) is 19.4 Å². The van der Waals surface area contributed by atoms with Crippen molar-refractivity contribution in [2.24, 2.45) is 0 Å². The molecule has 0 aromatic heterocycles. The number of amides is 2. The molecule has 0 saturated carbocycles. The summed E-state index contributed by atoms with van der Waals surface area (Å²) in [6, 6.07) is -2.07. The van der Waals surface area contributed by atoms with Gasteiger partial charge < -0.3 is 20.1 Å². The summed E-state index contributed by atoms with van der Waals surface area (Å²) in [5, 5.41) is 11.3. The van der Waals surface area contributed by atoms with E-state index in [-0.39, 0.29) is 6.42 Å². The second kappa shape index (κ2) is 6.23. The highest BCUT2D eigenvalue weighted by Crippen LogP contribution is 2.18. The average Bonchev–Trinajstić information content (AvgIpc) is 2.83. The van der Waals surface area contributed by atoms with Gasteiger partial charge in [0, 0.05) is 6.54 Å². The van der Waals surface area contributed by atoms with Crippen molar-refractivity contribution in [1.82, 2.24) is 10.2 Å². The van der Waals surface area contributed by atoms with Crippen molar-refractivity contribution in [3.05, 3.63) is 0 Å². The number of carboxylic acid groups (broad SMARTS) is 1. The third-order valence-corrected chi connectivity index (χ3v) is 2.99. The molecule has 1 saturated heterocycles. The summed E-state index contributed by atoms with van der Waals surface area (Å²) in [6.07, 6.45) is 1.54. The van der Waals surface area contributed by atoms with Gasteiger partial charge in [-0.1, -0.05) is 6.92 Å². The number of urea groups is 1. The molecular formula is C11H18N2O5. The minimum absolute atomic E-state index is 0.289. The first-order valence-electron chi connectivity index (χ1n) is 5.89. The SMILES string of the molecule is CC[C@@H](NC(=O)N1CCCC1C(=O)OC)C(=O)O. The number of ether oxygens (including phenoxy) is 1. The van der Waals surface area contributed by atoms with Crippen LogP contribution in [0, 0.1) is 0 Å². The van der Waals surface area contributed by atoms with Gasteiger partial charge in [0.1, 0.15) is 12.1 Å². The number of hydrogen-bond donors (Lipinski definition) is 2. The van der Waals surface area contributed by atoms with E-state index in [1.807, 2.05) is 0 Å². The number of likely N-dealkylation sites (tertiary alicyclic amines) is 1. The fraction of sp³-hybridized carbons (Fsp3) is 0.727. The predicted octanol–water partition coefficient (Wildman–Crippen LogP) is 0.197. The van der Waals surface area contributed by atoms with Gasteiger partial charge in [-0.15, -0.1) is 0 Å². The fourth-order valence-corrected chi connectivity index (χ4v) is 1.96. The molecule has 1 aliphatic heterocycles. The lowest BCUT2D eigenvalue weighted by Crippen LogP contribution is -2.51. The van der Waals surface area contributed by atoms with Crippen molar-refractivity contribution in [1.29, 1.82) is 0 Å². The van der Waals surface area contributed by atoms with Crippen LogP contribution in [0.4, 0.5) is 4.79 Å². The van der Waals surface area contributed by atoms with E-state index in [0.717, 1.165) is 0 Å². The van der Waals surface area contributed by atoms with Crippen molar-refractivity contribution in [2.45, 2.75) is 38.3 Å². The largest absolute Gasteiger partial charge is 0.480 e. The van der Waals surface area contributed by atoms with Gasteiger partial charge in [0.15, 0.2) is 0 Å². The Balaban J connectivity index is 2.65. The van der Waals surface area contributed by atoms with Crippen molar-refractivity contribution < 1.29 is 24.2 Å². The maximum absolute atomic E-state index is 11.9. The predicted molar refractivity (Wildman–Crippen MR) is 62.0 cm³/mol. The minimum Gasteiger partial charge on any atom is -0.480 e. The topological polar surface area (TPSA) is 95.9 Å². The van der Waals surface area contributed by atoms with Crippen LogP contribution < -0.4 is 5.32 Å². The van der Waals surface area contributed by atoms with Crippen LogP contribution in [0.15, 0.2) is 0 Å². The van der Waals surface area contributed by atoms with E-state index >= 15 is 0 Å². The van der Waals surface area contributed by atoms with E-state index in [1.54, 1.807) is 6.92 Å². The zero-order chi connectivity index (χ0) is 13.7. The molecule has 7 heteroatoms. The van der Waals surface area contributed by atoms with Gasteiger partial charge >= 0.3 is 18.0 Å². The third-order valence-electron chi connectivity index (χ3n) is 2.99. The lowest BCUT2D eigenvalue weighted by molar-refractivity contribution is -0.144. The zero-order valence-electron chi connectivity index (χ0n) is 10.5. The Hall–Kier alpha value is -1.79. The number of carboxylic acids is 1. The number of nitrogens with one attached hydrogen (secondary N) is 1. The number of esters is 1. The van der Waals surface area contributed by atoms with Crippen LogP contribution in [0.25, 0.3) is 0 Å². The molecule has 0 spiro atoms. The first kappa shape index (κ1) is 14.3. The standard InChI is InChI=1S/C11H18N2O5/c1-3-7(9(14)15)12-11(17)13-6-4-5-8(13)10(16)18-2/h7-8H,3-6H2,1-2H3,(H,12,17)(H,14,15)/t7-,8?/m1/s1. The number of rotatable bonds is 4. The van der Waals surface area contributed by atoms with E-state index in [9.17, 15) is 14.4 Å². The lowest BCUT2D eigenvalue weighted by atomic mass is 10.2. The maximum Gasteiger partial charge on any atom is 0.328 e. The van der Waals surface area contributed by atoms with E-state index in [1.165, 1.54) is 12.0 Å². The Morgan fingerprint density at radius 1 is 1.50 bits per heavy atom. The molecule has 0 aromatic carbocycles. The first-order valence-corrected chi connectivity index (χ1v) is 5.89. The van der Waals surface area contributed by atoms with Gasteiger partial charge in [0.05, 0.1) is 7.11 Å². The minimum atomic E-state index is -1.08. The summed E-state index contributed by atoms with van der Waals surface area (Å²) in [5.74, 6) is -1.55. The van der Waals surface area contributed by atoms with Crippen LogP contribution in [0.3, 0.4) is 0 Å². The highest BCUT2D eigenvalue weighted by molar-refractivity contribution is 5.87. The highest BCUT2D eigenvalue weighted by Gasteiger charge is 2.35. The van der Waals surface area contributed by atoms with Gasteiger partial charge in [-0.25, -0.2) is 14.4 Å². The van der Waals surface area contributed by atoms with Gasteiger partial charge in [-0.2, -0.15) is 0 Å². The highest BCUT2D eigenvalue weighted by atomic mass is 16.5. The molecule has 1 rings (SSSR count). The summed E-state index contributed by atoms with van der Waals surface area (Å²) < 4.78 is 4.62. The van der Waals surface area contributed by atoms with Crippen LogP contribution in [0.1, 0.15) is 26.2 Å². The first-order chi connectivity index (χ1) is 8.51. The fourth-order valence-electron chi connectivity index (χ4n) is 1.96. The molecule has 102 valence electrons. The van der Waals surface area contributed by atoms with Gasteiger partial charge in [-0.3, -0.25) is 0 Å². The summed E-state index contributed by atoms with van der Waals surface area (Å²) in [4.78, 5) is 35.5. The number of nitrogens with zero attached hydrogens (tertiary/aromatic N) is 1. The molecule has 0 bridgehead atoms. The molecule has 18 heavy (non-hydrogen) atoms. The molecule has 0 radical (unpaired) electrons. The normalized spacial score (nSPS) is 20.3. The van der Waals surface area contributed by atoms with Gasteiger partial charge in [0.2, 0.25) is 0 Å². The number of aliphatic carboxylic acids is 1. The smallest absolute Gasteiger partial charge is 0.328 e. The Morgan fingerprint density at radius 2 is 2.17 bits per heavy atom. The zero-order valence-corrected chi connectivity index (χ0v) is 10.5. The van der Waals surface area contributed by atoms with Crippen molar-refractivity contribution >= 4 is 18.0 Å². The molecule has 2 N–H and O–H groups in total. The molecule has 2 atom stereocenters. The van der Waals surface area contributed by atoms with Crippen LogP contribution in [0.5, 0.6) is 0 Å². The van der Waals surface area contributed by atoms with Crippen molar-refractivity contribution in [3.63, 3.8) is 0 Å². The van der Waals surface area contributed by atoms with Crippen LogP contribution in [-0.4, -0.2) is 53.7 Å². The number of carbonyl (C=O) groups is 3. The molecule has 1 aliphatic rings. The average molecular weight is 258 g/mol. The third kappa shape index (κ3) is 3.12. The quantitative estimate of drug-likeness (QED) is 0.702. The molecule has 7 nitrogen and oxygen atoms in total. The van der Waals surface area contributed by atoms with Crippen LogP contribution in [0.2, 0.25) is 0 Å². The second-order valence-electron chi connectivity index (χ2n) is 4.12. The molecule has 1 heterocycles. The molecule has 1 fully saturated rings. The number of carbonyl (C=O) groups excluding carboxylic acids is 2. The van der Waals surface area contributed by atoms with Crippen LogP contribution >= 0.6 is 0 Å². The number of hydrogen-bond acceptors (Lipinski definition) is 4. The molecule has 2 amide bonds. The number of methoxy groups -OCH3 is 1. The van der Waals surface area contributed by atoms with Crippen LogP contribution in [-0.2, 0) is 14.3 Å².